The van der Waals surface area contributed by atoms with Crippen LogP contribution >= 0.6 is 11.6 Å². The summed E-state index contributed by atoms with van der Waals surface area (Å²) in [5.41, 5.74) is 1.83. The number of amides is 1. The normalized spacial score (nSPS) is 12.2. The van der Waals surface area contributed by atoms with E-state index in [0.717, 1.165) is 11.1 Å². The molecule has 0 aliphatic rings. The Bertz CT molecular complexity index is 925. The van der Waals surface area contributed by atoms with Gasteiger partial charge in [0.2, 0.25) is 0 Å². The third-order valence-corrected chi connectivity index (χ3v) is 4.42. The fourth-order valence-corrected chi connectivity index (χ4v) is 2.91. The summed E-state index contributed by atoms with van der Waals surface area (Å²) in [7, 11) is 3.79. The van der Waals surface area contributed by atoms with Crippen molar-refractivity contribution in [2.45, 2.75) is 6.04 Å². The summed E-state index contributed by atoms with van der Waals surface area (Å²) in [4.78, 5) is 14.4. The standard InChI is InChI=1S/C20H19ClFN3O2/c1-25(2)18(13-6-8-16(22)9-7-13)12-23-20(26)17-11-19(27-24-17)14-4-3-5-15(21)10-14/h3-11,18H,12H2,1-2H3,(H,23,26). The van der Waals surface area contributed by atoms with E-state index in [0.29, 0.717) is 17.3 Å². The van der Waals surface area contributed by atoms with Crippen molar-refractivity contribution in [1.29, 1.82) is 0 Å². The van der Waals surface area contributed by atoms with Crippen LogP contribution < -0.4 is 5.32 Å². The van der Waals surface area contributed by atoms with Crippen LogP contribution in [0.15, 0.2) is 59.1 Å². The number of hydrogen-bond donors (Lipinski definition) is 1. The Morgan fingerprint density at radius 3 is 2.63 bits per heavy atom. The first kappa shape index (κ1) is 19.1. The summed E-state index contributed by atoms with van der Waals surface area (Å²) in [5.74, 6) is -0.178. The van der Waals surface area contributed by atoms with Crippen molar-refractivity contribution in [2.24, 2.45) is 0 Å². The molecule has 0 aliphatic carbocycles. The van der Waals surface area contributed by atoms with Gasteiger partial charge >= 0.3 is 0 Å². The molecule has 3 rings (SSSR count). The number of carbonyl (C=O) groups is 1. The average molecular weight is 388 g/mol. The first-order valence-corrected chi connectivity index (χ1v) is 8.74. The highest BCUT2D eigenvalue weighted by Crippen LogP contribution is 2.23. The van der Waals surface area contributed by atoms with Gasteiger partial charge in [0.05, 0.1) is 6.04 Å². The minimum absolute atomic E-state index is 0.103. The molecule has 1 atom stereocenters. The van der Waals surface area contributed by atoms with E-state index in [1.54, 1.807) is 36.4 Å². The second-order valence-electron chi connectivity index (χ2n) is 6.33. The number of nitrogens with zero attached hydrogens (tertiary/aromatic N) is 2. The lowest BCUT2D eigenvalue weighted by molar-refractivity contribution is 0.0933. The second kappa shape index (κ2) is 8.33. The van der Waals surface area contributed by atoms with Crippen molar-refractivity contribution >= 4 is 17.5 Å². The Morgan fingerprint density at radius 2 is 1.96 bits per heavy atom. The first-order chi connectivity index (χ1) is 12.9. The zero-order valence-electron chi connectivity index (χ0n) is 14.9. The topological polar surface area (TPSA) is 58.4 Å². The smallest absolute Gasteiger partial charge is 0.273 e. The first-order valence-electron chi connectivity index (χ1n) is 8.37. The Morgan fingerprint density at radius 1 is 1.22 bits per heavy atom. The third kappa shape index (κ3) is 4.72. The molecule has 1 heterocycles. The average Bonchev–Trinajstić information content (AvgIpc) is 3.13. The van der Waals surface area contributed by atoms with Crippen molar-refractivity contribution in [1.82, 2.24) is 15.4 Å². The van der Waals surface area contributed by atoms with Crippen LogP contribution in [0.5, 0.6) is 0 Å². The largest absolute Gasteiger partial charge is 0.355 e. The van der Waals surface area contributed by atoms with Gasteiger partial charge in [-0.05, 0) is 43.9 Å². The van der Waals surface area contributed by atoms with Gasteiger partial charge in [-0.25, -0.2) is 4.39 Å². The number of halogens is 2. The molecular formula is C20H19ClFN3O2. The van der Waals surface area contributed by atoms with Gasteiger partial charge in [-0.15, -0.1) is 0 Å². The minimum atomic E-state index is -0.346. The van der Waals surface area contributed by atoms with Gasteiger partial charge in [-0.2, -0.15) is 0 Å². The van der Waals surface area contributed by atoms with Gasteiger partial charge in [0, 0.05) is 23.2 Å². The van der Waals surface area contributed by atoms with Crippen LogP contribution in [0.3, 0.4) is 0 Å². The highest BCUT2D eigenvalue weighted by molar-refractivity contribution is 6.30. The Hall–Kier alpha value is -2.70. The zero-order chi connectivity index (χ0) is 19.4. The van der Waals surface area contributed by atoms with Crippen LogP contribution in [0.1, 0.15) is 22.1 Å². The molecular weight excluding hydrogens is 369 g/mol. The predicted octanol–water partition coefficient (Wildman–Crippen LogP) is 4.17. The fourth-order valence-electron chi connectivity index (χ4n) is 2.72. The summed E-state index contributed by atoms with van der Waals surface area (Å²) >= 11 is 5.98. The number of hydrogen-bond acceptors (Lipinski definition) is 4. The van der Waals surface area contributed by atoms with E-state index in [1.807, 2.05) is 25.1 Å². The molecule has 1 amide bonds. The minimum Gasteiger partial charge on any atom is -0.355 e. The molecule has 7 heteroatoms. The molecule has 0 saturated carbocycles. The Balaban J connectivity index is 1.68. The maximum atomic E-state index is 13.1. The van der Waals surface area contributed by atoms with Crippen LogP contribution in [0.4, 0.5) is 4.39 Å². The van der Waals surface area contributed by atoms with E-state index >= 15 is 0 Å². The van der Waals surface area contributed by atoms with Crippen LogP contribution in [-0.4, -0.2) is 36.6 Å². The molecule has 2 aromatic carbocycles. The van der Waals surface area contributed by atoms with Crippen LogP contribution in [-0.2, 0) is 0 Å². The maximum absolute atomic E-state index is 13.1. The summed E-state index contributed by atoms with van der Waals surface area (Å²) in [6, 6.07) is 14.8. The molecule has 1 unspecified atom stereocenters. The quantitative estimate of drug-likeness (QED) is 0.689. The van der Waals surface area contributed by atoms with Crippen molar-refractivity contribution in [3.8, 4) is 11.3 Å². The zero-order valence-corrected chi connectivity index (χ0v) is 15.7. The van der Waals surface area contributed by atoms with Gasteiger partial charge < -0.3 is 14.7 Å². The van der Waals surface area contributed by atoms with Gasteiger partial charge in [-0.1, -0.05) is 41.0 Å². The van der Waals surface area contributed by atoms with E-state index in [1.165, 1.54) is 12.1 Å². The molecule has 5 nitrogen and oxygen atoms in total. The molecule has 3 aromatic rings. The van der Waals surface area contributed by atoms with Crippen LogP contribution in [0, 0.1) is 5.82 Å². The van der Waals surface area contributed by atoms with Crippen molar-refractivity contribution in [2.75, 3.05) is 20.6 Å². The highest BCUT2D eigenvalue weighted by Gasteiger charge is 2.18. The van der Waals surface area contributed by atoms with E-state index in [9.17, 15) is 9.18 Å². The molecule has 0 radical (unpaired) electrons. The lowest BCUT2D eigenvalue weighted by Gasteiger charge is -2.25. The number of aromatic nitrogens is 1. The van der Waals surface area contributed by atoms with E-state index in [-0.39, 0.29) is 23.5 Å². The summed E-state index contributed by atoms with van der Waals surface area (Å²) in [5, 5.41) is 7.25. The number of nitrogens with one attached hydrogen (secondary N) is 1. The number of benzene rings is 2. The Kier molecular flexibility index (Phi) is 5.88. The summed E-state index contributed by atoms with van der Waals surface area (Å²) < 4.78 is 18.4. The van der Waals surface area contributed by atoms with Crippen molar-refractivity contribution in [3.05, 3.63) is 76.7 Å². The molecule has 1 N–H and O–H groups in total. The van der Waals surface area contributed by atoms with Crippen LogP contribution in [0.25, 0.3) is 11.3 Å². The molecule has 140 valence electrons. The molecule has 0 aliphatic heterocycles. The molecule has 27 heavy (non-hydrogen) atoms. The molecule has 0 fully saturated rings. The maximum Gasteiger partial charge on any atom is 0.273 e. The van der Waals surface area contributed by atoms with Gasteiger partial charge in [-0.3, -0.25) is 4.79 Å². The monoisotopic (exact) mass is 387 g/mol. The predicted molar refractivity (Wildman–Crippen MR) is 102 cm³/mol. The van der Waals surface area contributed by atoms with Gasteiger partial charge in [0.25, 0.3) is 5.91 Å². The lowest BCUT2D eigenvalue weighted by Crippen LogP contribution is -2.34. The van der Waals surface area contributed by atoms with E-state index < -0.39 is 0 Å². The lowest BCUT2D eigenvalue weighted by atomic mass is 10.1. The number of likely N-dealkylation sites (N-methyl/N-ethyl adjacent to an activating group) is 1. The number of carbonyl (C=O) groups excluding carboxylic acids is 1. The summed E-state index contributed by atoms with van der Waals surface area (Å²) in [6.07, 6.45) is 0. The van der Waals surface area contributed by atoms with Crippen LogP contribution in [0.2, 0.25) is 5.02 Å². The summed E-state index contributed by atoms with van der Waals surface area (Å²) in [6.45, 7) is 0.344. The SMILES string of the molecule is CN(C)C(CNC(=O)c1cc(-c2cccc(Cl)c2)on1)c1ccc(F)cc1. The van der Waals surface area contributed by atoms with E-state index in [2.05, 4.69) is 10.5 Å². The van der Waals surface area contributed by atoms with Crippen molar-refractivity contribution < 1.29 is 13.7 Å². The molecule has 0 spiro atoms. The fraction of sp³-hybridized carbons (Fsp3) is 0.200. The molecule has 0 bridgehead atoms. The van der Waals surface area contributed by atoms with Gasteiger partial charge in [0.1, 0.15) is 5.82 Å². The van der Waals surface area contributed by atoms with E-state index in [4.69, 9.17) is 16.1 Å². The third-order valence-electron chi connectivity index (χ3n) is 4.19. The second-order valence-corrected chi connectivity index (χ2v) is 6.76. The van der Waals surface area contributed by atoms with Crippen molar-refractivity contribution in [3.63, 3.8) is 0 Å². The Labute approximate surface area is 161 Å². The molecule has 1 aromatic heterocycles. The highest BCUT2D eigenvalue weighted by atomic mass is 35.5. The molecule has 0 saturated heterocycles. The number of rotatable bonds is 6. The van der Waals surface area contributed by atoms with Gasteiger partial charge in [0.15, 0.2) is 11.5 Å².